The minimum atomic E-state index is 0.0545. The lowest BCUT2D eigenvalue weighted by Crippen LogP contribution is -2.41. The van der Waals surface area contributed by atoms with Crippen molar-refractivity contribution in [3.8, 4) is 0 Å². The maximum atomic E-state index is 12.3. The molecule has 3 rings (SSSR count). The number of carbonyl (C=O) groups is 1. The number of thioether (sulfide) groups is 1. The fourth-order valence-corrected chi connectivity index (χ4v) is 4.32. The molecule has 1 N–H and O–H groups in total. The quantitative estimate of drug-likeness (QED) is 0.853. The van der Waals surface area contributed by atoms with Crippen molar-refractivity contribution in [2.45, 2.75) is 23.6 Å². The Labute approximate surface area is 149 Å². The maximum Gasteiger partial charge on any atom is 0.239 e. The Balaban J connectivity index is 1.62. The summed E-state index contributed by atoms with van der Waals surface area (Å²) in [7, 11) is 0. The van der Waals surface area contributed by atoms with E-state index in [0.717, 1.165) is 22.3 Å². The average Bonchev–Trinajstić information content (AvgIpc) is 2.53. The highest BCUT2D eigenvalue weighted by Gasteiger charge is 2.23. The molecule has 2 aromatic rings. The molecular weight excluding hydrogens is 372 g/mol. The molecule has 120 valence electrons. The Hall–Kier alpha value is -1.46. The molecule has 1 heterocycles. The van der Waals surface area contributed by atoms with Gasteiger partial charge in [-0.3, -0.25) is 4.79 Å². The highest BCUT2D eigenvalue weighted by atomic mass is 79.9. The number of halogens is 1. The zero-order chi connectivity index (χ0) is 16.2. The Morgan fingerprint density at radius 2 is 2.13 bits per heavy atom. The van der Waals surface area contributed by atoms with Crippen LogP contribution in [0.1, 0.15) is 12.5 Å². The first-order chi connectivity index (χ1) is 11.1. The summed E-state index contributed by atoms with van der Waals surface area (Å²) in [6.45, 7) is 4.05. The van der Waals surface area contributed by atoms with Crippen LogP contribution in [0.15, 0.2) is 57.9 Å². The second-order valence-corrected chi connectivity index (χ2v) is 8.08. The van der Waals surface area contributed by atoms with Crippen LogP contribution in [-0.2, 0) is 11.3 Å². The number of rotatable bonds is 4. The summed E-state index contributed by atoms with van der Waals surface area (Å²) in [5.74, 6) is 0.0545. The van der Waals surface area contributed by atoms with Gasteiger partial charge in [-0.15, -0.1) is 11.8 Å². The summed E-state index contributed by atoms with van der Waals surface area (Å²) in [6.07, 6.45) is 0. The molecule has 5 heteroatoms. The summed E-state index contributed by atoms with van der Waals surface area (Å²) in [4.78, 5) is 15.7. The van der Waals surface area contributed by atoms with Crippen LogP contribution in [0.2, 0.25) is 0 Å². The molecule has 1 aliphatic rings. The van der Waals surface area contributed by atoms with Crippen LogP contribution in [0.3, 0.4) is 0 Å². The second-order valence-electron chi connectivity index (χ2n) is 5.68. The van der Waals surface area contributed by atoms with E-state index in [0.29, 0.717) is 18.3 Å². The smallest absolute Gasteiger partial charge is 0.239 e. The predicted octanol–water partition coefficient (Wildman–Crippen LogP) is 4.07. The largest absolute Gasteiger partial charge is 0.360 e. The number of fused-ring (bicyclic) bond motifs is 1. The van der Waals surface area contributed by atoms with Crippen LogP contribution in [0.25, 0.3) is 0 Å². The second kappa shape index (κ2) is 7.41. The average molecular weight is 391 g/mol. The molecule has 1 atom stereocenters. The van der Waals surface area contributed by atoms with Gasteiger partial charge < -0.3 is 10.2 Å². The molecule has 2 aromatic carbocycles. The van der Waals surface area contributed by atoms with Crippen LogP contribution in [0, 0.1) is 0 Å². The van der Waals surface area contributed by atoms with E-state index in [1.54, 1.807) is 0 Å². The highest BCUT2D eigenvalue weighted by molar-refractivity contribution is 9.10. The Morgan fingerprint density at radius 1 is 1.30 bits per heavy atom. The van der Waals surface area contributed by atoms with Gasteiger partial charge in [0.25, 0.3) is 0 Å². The lowest BCUT2D eigenvalue weighted by molar-refractivity contribution is -0.119. The molecular formula is C18H19BrN2OS. The van der Waals surface area contributed by atoms with Gasteiger partial charge in [-0.05, 0) is 29.8 Å². The SMILES string of the molecule is CC1CN(CC(=O)NCc2cccc(Br)c2)c2ccccc2S1. The van der Waals surface area contributed by atoms with E-state index < -0.39 is 0 Å². The van der Waals surface area contributed by atoms with Gasteiger partial charge in [0.05, 0.1) is 12.2 Å². The van der Waals surface area contributed by atoms with Crippen LogP contribution in [0.5, 0.6) is 0 Å². The van der Waals surface area contributed by atoms with Crippen LogP contribution < -0.4 is 10.2 Å². The first kappa shape index (κ1) is 16.4. The van der Waals surface area contributed by atoms with Crippen LogP contribution in [-0.4, -0.2) is 24.2 Å². The molecule has 1 unspecified atom stereocenters. The third-order valence-corrected chi connectivity index (χ3v) is 5.37. The van der Waals surface area contributed by atoms with E-state index in [4.69, 9.17) is 0 Å². The monoisotopic (exact) mass is 390 g/mol. The van der Waals surface area contributed by atoms with Crippen LogP contribution in [0.4, 0.5) is 5.69 Å². The molecule has 0 saturated heterocycles. The number of carbonyl (C=O) groups excluding carboxylic acids is 1. The normalized spacial score (nSPS) is 16.8. The molecule has 0 radical (unpaired) electrons. The molecule has 1 aliphatic heterocycles. The number of anilines is 1. The van der Waals surface area contributed by atoms with Crippen LogP contribution >= 0.6 is 27.7 Å². The number of nitrogens with zero attached hydrogens (tertiary/aromatic N) is 1. The first-order valence-electron chi connectivity index (χ1n) is 7.63. The van der Waals surface area contributed by atoms with E-state index in [2.05, 4.69) is 51.3 Å². The minimum Gasteiger partial charge on any atom is -0.360 e. The van der Waals surface area contributed by atoms with Gasteiger partial charge in [0.2, 0.25) is 5.91 Å². The van der Waals surface area contributed by atoms with Crippen molar-refractivity contribution in [1.29, 1.82) is 0 Å². The van der Waals surface area contributed by atoms with Gasteiger partial charge in [-0.1, -0.05) is 47.1 Å². The van der Waals surface area contributed by atoms with Crippen molar-refractivity contribution < 1.29 is 4.79 Å². The number of nitrogens with one attached hydrogen (secondary N) is 1. The Kier molecular flexibility index (Phi) is 5.28. The number of hydrogen-bond acceptors (Lipinski definition) is 3. The number of benzene rings is 2. The summed E-state index contributed by atoms with van der Waals surface area (Å²) in [5, 5.41) is 3.50. The molecule has 0 spiro atoms. The topological polar surface area (TPSA) is 32.3 Å². The van der Waals surface area contributed by atoms with Crippen molar-refractivity contribution >= 4 is 39.3 Å². The van der Waals surface area contributed by atoms with Crippen molar-refractivity contribution in [1.82, 2.24) is 5.32 Å². The Bertz CT molecular complexity index is 707. The van der Waals surface area contributed by atoms with E-state index in [9.17, 15) is 4.79 Å². The fourth-order valence-electron chi connectivity index (χ4n) is 2.71. The lowest BCUT2D eigenvalue weighted by Gasteiger charge is -2.33. The number of para-hydroxylation sites is 1. The van der Waals surface area contributed by atoms with E-state index >= 15 is 0 Å². The van der Waals surface area contributed by atoms with Gasteiger partial charge in [0, 0.05) is 27.7 Å². The van der Waals surface area contributed by atoms with Gasteiger partial charge in [0.1, 0.15) is 0 Å². The zero-order valence-corrected chi connectivity index (χ0v) is 15.4. The third-order valence-electron chi connectivity index (χ3n) is 3.72. The fraction of sp³-hybridized carbons (Fsp3) is 0.278. The van der Waals surface area contributed by atoms with Crippen molar-refractivity contribution in [3.05, 3.63) is 58.6 Å². The van der Waals surface area contributed by atoms with E-state index in [1.165, 1.54) is 4.90 Å². The highest BCUT2D eigenvalue weighted by Crippen LogP contribution is 2.37. The summed E-state index contributed by atoms with van der Waals surface area (Å²) >= 11 is 5.33. The molecule has 1 amide bonds. The third kappa shape index (κ3) is 4.30. The predicted molar refractivity (Wildman–Crippen MR) is 100.0 cm³/mol. The standard InChI is InChI=1S/C18H19BrN2OS/c1-13-11-21(16-7-2-3-8-17(16)23-13)12-18(22)20-10-14-5-4-6-15(19)9-14/h2-9,13H,10-12H2,1H3,(H,20,22). The van der Waals surface area contributed by atoms with Gasteiger partial charge in [-0.2, -0.15) is 0 Å². The van der Waals surface area contributed by atoms with Crippen molar-refractivity contribution in [3.63, 3.8) is 0 Å². The molecule has 0 aromatic heterocycles. The lowest BCUT2D eigenvalue weighted by atomic mass is 10.2. The first-order valence-corrected chi connectivity index (χ1v) is 9.31. The minimum absolute atomic E-state index is 0.0545. The number of amides is 1. The van der Waals surface area contributed by atoms with Gasteiger partial charge >= 0.3 is 0 Å². The van der Waals surface area contributed by atoms with Crippen molar-refractivity contribution in [2.24, 2.45) is 0 Å². The molecule has 0 fully saturated rings. The molecule has 0 saturated carbocycles. The zero-order valence-electron chi connectivity index (χ0n) is 13.0. The van der Waals surface area contributed by atoms with Crippen molar-refractivity contribution in [2.75, 3.05) is 18.0 Å². The molecule has 0 bridgehead atoms. The van der Waals surface area contributed by atoms with Gasteiger partial charge in [0.15, 0.2) is 0 Å². The maximum absolute atomic E-state index is 12.3. The molecule has 23 heavy (non-hydrogen) atoms. The summed E-state index contributed by atoms with van der Waals surface area (Å²) in [5.41, 5.74) is 2.25. The summed E-state index contributed by atoms with van der Waals surface area (Å²) in [6, 6.07) is 16.3. The molecule has 0 aliphatic carbocycles. The summed E-state index contributed by atoms with van der Waals surface area (Å²) < 4.78 is 1.03. The van der Waals surface area contributed by atoms with E-state index in [1.807, 2.05) is 42.1 Å². The number of hydrogen-bond donors (Lipinski definition) is 1. The molecule has 3 nitrogen and oxygen atoms in total. The Morgan fingerprint density at radius 3 is 2.96 bits per heavy atom. The van der Waals surface area contributed by atoms with Gasteiger partial charge in [-0.25, -0.2) is 0 Å². The van der Waals surface area contributed by atoms with E-state index in [-0.39, 0.29) is 5.91 Å².